The number of fused-ring (bicyclic) bond motifs is 3. The van der Waals surface area contributed by atoms with Gasteiger partial charge in [0.1, 0.15) is 29.6 Å². The lowest BCUT2D eigenvalue weighted by Gasteiger charge is -2.26. The summed E-state index contributed by atoms with van der Waals surface area (Å²) in [6, 6.07) is 24.5. The minimum atomic E-state index is -0.992. The van der Waals surface area contributed by atoms with Crippen molar-refractivity contribution in [2.24, 2.45) is 0 Å². The van der Waals surface area contributed by atoms with Crippen molar-refractivity contribution in [3.05, 3.63) is 103 Å². The van der Waals surface area contributed by atoms with Crippen molar-refractivity contribution < 1.29 is 53.3 Å². The second-order valence-corrected chi connectivity index (χ2v) is 16.2. The number of imidazole rings is 1. The first kappa shape index (κ1) is 44.7. The first-order valence-electron chi connectivity index (χ1n) is 20.0. The fourth-order valence-electron chi connectivity index (χ4n) is 6.21. The highest BCUT2D eigenvalue weighted by Crippen LogP contribution is 2.33. The third-order valence-corrected chi connectivity index (χ3v) is 11.3. The van der Waals surface area contributed by atoms with Gasteiger partial charge in [0, 0.05) is 49.2 Å². The van der Waals surface area contributed by atoms with E-state index < -0.39 is 23.0 Å². The zero-order valence-electron chi connectivity index (χ0n) is 34.5. The first-order chi connectivity index (χ1) is 30.5. The van der Waals surface area contributed by atoms with Gasteiger partial charge in [-0.2, -0.15) is 0 Å². The van der Waals surface area contributed by atoms with Gasteiger partial charge in [0.25, 0.3) is 0 Å². The van der Waals surface area contributed by atoms with E-state index in [1.54, 1.807) is 67.6 Å². The Morgan fingerprint density at radius 2 is 1.41 bits per heavy atom. The van der Waals surface area contributed by atoms with E-state index in [2.05, 4.69) is 47.7 Å². The molecule has 0 unspecified atom stereocenters. The van der Waals surface area contributed by atoms with Gasteiger partial charge in [0.05, 0.1) is 66.4 Å². The quantitative estimate of drug-likeness (QED) is 0.0688. The highest BCUT2D eigenvalue weighted by Gasteiger charge is 2.31. The Balaban J connectivity index is 0.000000238. The van der Waals surface area contributed by atoms with E-state index in [0.29, 0.717) is 18.0 Å². The molecule has 19 nitrogen and oxygen atoms in total. The molecule has 1 aliphatic rings. The predicted molar refractivity (Wildman–Crippen MR) is 234 cm³/mol. The number of amides is 3. The molecule has 0 bridgehead atoms. The molecule has 7 aromatic rings. The van der Waals surface area contributed by atoms with Crippen LogP contribution in [0.1, 0.15) is 25.4 Å². The standard InChI is InChI=1S/C29H32N6O6S.C14H16N2O5/c1-29(17-36,18-37)25-15-26(33-41-25)32-27(38)30-20-4-2-19(3-5-20)22-16-35-23-7-6-21(14-24(23)42-28(35)31-22)40-13-10-34-8-11-39-12-9-34;1-14(8-17,9-18)11-7-12(16-21-11)15-13(19)20-10-5-3-2-4-6-10/h2-7,14-16,36-37H,8-13,17-18H2,1H3,(H2,30,32,33,38);2-7,17-18H,8-9H2,1H3,(H,15,16,19). The number of urea groups is 1. The first-order valence-corrected chi connectivity index (χ1v) is 20.8. The lowest BCUT2D eigenvalue weighted by molar-refractivity contribution is 0.0322. The van der Waals surface area contributed by atoms with Gasteiger partial charge in [-0.1, -0.05) is 52.0 Å². The van der Waals surface area contributed by atoms with Gasteiger partial charge in [-0.05, 0) is 56.3 Å². The molecule has 8 rings (SSSR count). The number of aliphatic hydroxyl groups excluding tert-OH is 4. The molecular weight excluding hydrogens is 837 g/mol. The van der Waals surface area contributed by atoms with Gasteiger partial charge < -0.3 is 49.0 Å². The maximum Gasteiger partial charge on any atom is 0.418 e. The van der Waals surface area contributed by atoms with Gasteiger partial charge in [-0.15, -0.1) is 0 Å². The normalized spacial score (nSPS) is 13.4. The molecule has 1 aliphatic heterocycles. The monoisotopic (exact) mass is 884 g/mol. The van der Waals surface area contributed by atoms with Gasteiger partial charge >= 0.3 is 12.1 Å². The molecular formula is C43H48N8O11S. The number of anilines is 3. The average molecular weight is 885 g/mol. The summed E-state index contributed by atoms with van der Waals surface area (Å²) >= 11 is 1.61. The Kier molecular flexibility index (Phi) is 14.3. The third kappa shape index (κ3) is 11.0. The van der Waals surface area contributed by atoms with Crippen LogP contribution >= 0.6 is 11.3 Å². The van der Waals surface area contributed by atoms with E-state index in [9.17, 15) is 30.0 Å². The molecule has 4 aromatic heterocycles. The molecule has 7 N–H and O–H groups in total. The smallest absolute Gasteiger partial charge is 0.418 e. The number of carbonyl (C=O) groups excluding carboxylic acids is 2. The summed E-state index contributed by atoms with van der Waals surface area (Å²) in [5.74, 6) is 2.10. The Hall–Kier alpha value is -6.39. The predicted octanol–water partition coefficient (Wildman–Crippen LogP) is 5.33. The van der Waals surface area contributed by atoms with Crippen LogP contribution in [0.4, 0.5) is 26.9 Å². The number of rotatable bonds is 15. The molecule has 3 amide bonds. The highest BCUT2D eigenvalue weighted by molar-refractivity contribution is 7.23. The number of nitrogens with one attached hydrogen (secondary N) is 3. The Morgan fingerprint density at radius 1 is 0.778 bits per heavy atom. The highest BCUT2D eigenvalue weighted by atomic mass is 32.1. The van der Waals surface area contributed by atoms with Crippen LogP contribution < -0.4 is 25.4 Å². The number of thiazole rings is 1. The fraction of sp³-hybridized carbons (Fsp3) is 0.326. The number of hydrogen-bond donors (Lipinski definition) is 7. The number of hydrogen-bond acceptors (Lipinski definition) is 16. The van der Waals surface area contributed by atoms with Crippen molar-refractivity contribution in [2.45, 2.75) is 24.7 Å². The number of aliphatic hydroxyl groups is 4. The van der Waals surface area contributed by atoms with Crippen LogP contribution in [-0.2, 0) is 15.6 Å². The molecule has 0 aliphatic carbocycles. The van der Waals surface area contributed by atoms with E-state index in [-0.39, 0.29) is 49.6 Å². The lowest BCUT2D eigenvalue weighted by Crippen LogP contribution is -2.38. The van der Waals surface area contributed by atoms with Crippen LogP contribution in [0, 0.1) is 0 Å². The van der Waals surface area contributed by atoms with Crippen LogP contribution in [0.3, 0.4) is 0 Å². The van der Waals surface area contributed by atoms with Crippen LogP contribution in [0.15, 0.2) is 100 Å². The largest absolute Gasteiger partial charge is 0.492 e. The van der Waals surface area contributed by atoms with Crippen LogP contribution in [0.2, 0.25) is 0 Å². The van der Waals surface area contributed by atoms with Crippen molar-refractivity contribution in [2.75, 3.05) is 81.8 Å². The van der Waals surface area contributed by atoms with E-state index in [1.807, 2.05) is 24.4 Å². The summed E-state index contributed by atoms with van der Waals surface area (Å²) in [7, 11) is 0. The minimum absolute atomic E-state index is 0.138. The van der Waals surface area contributed by atoms with E-state index in [1.165, 1.54) is 12.1 Å². The summed E-state index contributed by atoms with van der Waals surface area (Å²) in [5, 5.41) is 52.8. The van der Waals surface area contributed by atoms with Crippen molar-refractivity contribution in [3.63, 3.8) is 0 Å². The summed E-state index contributed by atoms with van der Waals surface area (Å²) in [4.78, 5) is 32.2. The Bertz CT molecular complexity index is 2580. The SMILES string of the molecule is CC(CO)(CO)c1cc(NC(=O)Nc2ccc(-c3cn4c(n3)sc3cc(OCCN5CCOCC5)ccc34)cc2)no1.CC(CO)(CO)c1cc(NC(=O)Oc2ccccc2)no1. The molecule has 0 radical (unpaired) electrons. The molecule has 3 aromatic carbocycles. The maximum absolute atomic E-state index is 12.5. The molecule has 1 fully saturated rings. The second kappa shape index (κ2) is 20.2. The van der Waals surface area contributed by atoms with E-state index in [0.717, 1.165) is 65.0 Å². The van der Waals surface area contributed by atoms with Gasteiger partial charge in [-0.25, -0.2) is 14.6 Å². The summed E-state index contributed by atoms with van der Waals surface area (Å²) < 4.78 is 29.8. The molecule has 0 atom stereocenters. The topological polar surface area (TPSA) is 251 Å². The van der Waals surface area contributed by atoms with Gasteiger partial charge in [0.2, 0.25) is 0 Å². The molecule has 5 heterocycles. The number of nitrogens with zero attached hydrogens (tertiary/aromatic N) is 5. The molecule has 1 saturated heterocycles. The number of para-hydroxylation sites is 1. The molecule has 0 saturated carbocycles. The third-order valence-electron chi connectivity index (χ3n) is 10.3. The Morgan fingerprint density at radius 3 is 2.05 bits per heavy atom. The average Bonchev–Trinajstić information content (AvgIpc) is 4.13. The molecule has 332 valence electrons. The summed E-state index contributed by atoms with van der Waals surface area (Å²) in [5.41, 5.74) is 1.45. The molecule has 0 spiro atoms. The van der Waals surface area contributed by atoms with Crippen molar-refractivity contribution in [1.82, 2.24) is 24.6 Å². The number of aromatic nitrogens is 4. The zero-order chi connectivity index (χ0) is 44.4. The van der Waals surface area contributed by atoms with Crippen LogP contribution in [-0.4, -0.2) is 123 Å². The van der Waals surface area contributed by atoms with Crippen LogP contribution in [0.25, 0.3) is 26.4 Å². The Labute approximate surface area is 364 Å². The number of carbonyl (C=O) groups is 2. The van der Waals surface area contributed by atoms with Gasteiger partial charge in [-0.3, -0.25) is 19.9 Å². The fourth-order valence-corrected chi connectivity index (χ4v) is 7.24. The lowest BCUT2D eigenvalue weighted by atomic mass is 9.90. The van der Waals surface area contributed by atoms with Gasteiger partial charge in [0.15, 0.2) is 16.6 Å². The zero-order valence-corrected chi connectivity index (χ0v) is 35.3. The maximum atomic E-state index is 12.5. The number of ether oxygens (including phenoxy) is 3. The number of morpholine rings is 1. The summed E-state index contributed by atoms with van der Waals surface area (Å²) in [6.07, 6.45) is 1.30. The second-order valence-electron chi connectivity index (χ2n) is 15.2. The molecule has 20 heteroatoms. The van der Waals surface area contributed by atoms with Crippen molar-refractivity contribution in [1.29, 1.82) is 0 Å². The van der Waals surface area contributed by atoms with E-state index in [4.69, 9.17) is 28.2 Å². The minimum Gasteiger partial charge on any atom is -0.492 e. The van der Waals surface area contributed by atoms with Crippen LogP contribution in [0.5, 0.6) is 11.5 Å². The number of benzene rings is 3. The van der Waals surface area contributed by atoms with Crippen molar-refractivity contribution >= 4 is 56.0 Å². The van der Waals surface area contributed by atoms with Crippen molar-refractivity contribution in [3.8, 4) is 22.8 Å². The van der Waals surface area contributed by atoms with E-state index >= 15 is 0 Å². The summed E-state index contributed by atoms with van der Waals surface area (Å²) in [6.45, 7) is 6.96. The molecule has 63 heavy (non-hydrogen) atoms.